The third-order valence-electron chi connectivity index (χ3n) is 4.33. The van der Waals surface area contributed by atoms with Crippen LogP contribution in [0.25, 0.3) is 33.4 Å². The molecule has 0 aliphatic rings. The Bertz CT molecular complexity index is 931. The molecule has 1 N–H and O–H groups in total. The Morgan fingerprint density at radius 2 is 0.800 bits per heavy atom. The van der Waals surface area contributed by atoms with Gasteiger partial charge in [-0.05, 0) is 63.7 Å². The van der Waals surface area contributed by atoms with Crippen LogP contribution in [0, 0.1) is 0 Å². The summed E-state index contributed by atoms with van der Waals surface area (Å²) in [5.74, 6) is 0.281. The van der Waals surface area contributed by atoms with Crippen LogP contribution in [0.3, 0.4) is 0 Å². The summed E-state index contributed by atoms with van der Waals surface area (Å²) < 4.78 is 0. The lowest BCUT2D eigenvalue weighted by atomic mass is 9.93. The molecule has 4 rings (SSSR count). The molecule has 0 radical (unpaired) electrons. The van der Waals surface area contributed by atoms with E-state index in [0.29, 0.717) is 0 Å². The van der Waals surface area contributed by atoms with Gasteiger partial charge in [0, 0.05) is 0 Å². The maximum Gasteiger partial charge on any atom is 0.116 e. The van der Waals surface area contributed by atoms with Crippen molar-refractivity contribution in [2.75, 3.05) is 0 Å². The van der Waals surface area contributed by atoms with Gasteiger partial charge in [0.1, 0.15) is 5.75 Å². The molecule has 0 saturated heterocycles. The van der Waals surface area contributed by atoms with Gasteiger partial charge in [0.25, 0.3) is 0 Å². The molecular weight excluding hydrogens is 304 g/mol. The van der Waals surface area contributed by atoms with E-state index in [2.05, 4.69) is 66.7 Å². The highest BCUT2D eigenvalue weighted by Gasteiger charge is 2.07. The van der Waals surface area contributed by atoms with Crippen LogP contribution < -0.4 is 0 Å². The summed E-state index contributed by atoms with van der Waals surface area (Å²) in [6.45, 7) is 0. The molecule has 0 heterocycles. The molecule has 120 valence electrons. The van der Waals surface area contributed by atoms with Crippen molar-refractivity contribution in [3.05, 3.63) is 103 Å². The van der Waals surface area contributed by atoms with Crippen LogP contribution in [0.4, 0.5) is 0 Å². The van der Waals surface area contributed by atoms with E-state index in [1.807, 2.05) is 24.3 Å². The number of benzene rings is 4. The van der Waals surface area contributed by atoms with Crippen molar-refractivity contribution < 1.29 is 5.11 Å². The molecule has 0 unspecified atom stereocenters. The molecule has 0 spiro atoms. The van der Waals surface area contributed by atoms with Crippen LogP contribution in [-0.2, 0) is 0 Å². The van der Waals surface area contributed by atoms with Crippen LogP contribution >= 0.6 is 0 Å². The van der Waals surface area contributed by atoms with Gasteiger partial charge in [-0.15, -0.1) is 0 Å². The molecule has 0 amide bonds. The maximum absolute atomic E-state index is 9.85. The monoisotopic (exact) mass is 322 g/mol. The molecule has 1 nitrogen and oxygen atoms in total. The van der Waals surface area contributed by atoms with Crippen molar-refractivity contribution in [1.82, 2.24) is 0 Å². The van der Waals surface area contributed by atoms with Gasteiger partial charge in [-0.2, -0.15) is 0 Å². The van der Waals surface area contributed by atoms with E-state index in [-0.39, 0.29) is 5.75 Å². The first-order chi connectivity index (χ1) is 12.3. The normalized spacial score (nSPS) is 10.6. The maximum atomic E-state index is 9.85. The second-order valence-corrected chi connectivity index (χ2v) is 6.08. The van der Waals surface area contributed by atoms with Gasteiger partial charge >= 0.3 is 0 Å². The van der Waals surface area contributed by atoms with Crippen molar-refractivity contribution >= 4 is 0 Å². The SMILES string of the molecule is Oc1cccc(-c2cc(-c3ccccc3)cc(-c3ccccc3)c2)c1. The lowest BCUT2D eigenvalue weighted by molar-refractivity contribution is 0.475. The number of hydrogen-bond acceptors (Lipinski definition) is 1. The Morgan fingerprint density at radius 1 is 0.360 bits per heavy atom. The van der Waals surface area contributed by atoms with Crippen LogP contribution in [0.1, 0.15) is 0 Å². The van der Waals surface area contributed by atoms with Gasteiger partial charge in [0.2, 0.25) is 0 Å². The Balaban J connectivity index is 1.92. The summed E-state index contributed by atoms with van der Waals surface area (Å²) in [5, 5.41) is 9.85. The Kier molecular flexibility index (Phi) is 4.05. The minimum atomic E-state index is 0.281. The van der Waals surface area contributed by atoms with Crippen LogP contribution in [0.5, 0.6) is 5.75 Å². The highest BCUT2D eigenvalue weighted by molar-refractivity contribution is 5.81. The Morgan fingerprint density at radius 3 is 1.28 bits per heavy atom. The fraction of sp³-hybridized carbons (Fsp3) is 0. The smallest absolute Gasteiger partial charge is 0.116 e. The van der Waals surface area contributed by atoms with E-state index in [0.717, 1.165) is 11.1 Å². The highest BCUT2D eigenvalue weighted by atomic mass is 16.3. The molecule has 0 aliphatic heterocycles. The van der Waals surface area contributed by atoms with Crippen LogP contribution in [0.15, 0.2) is 103 Å². The largest absolute Gasteiger partial charge is 0.508 e. The minimum Gasteiger partial charge on any atom is -0.508 e. The summed E-state index contributed by atoms with van der Waals surface area (Å²) >= 11 is 0. The van der Waals surface area contributed by atoms with Gasteiger partial charge in [0.05, 0.1) is 0 Å². The third-order valence-corrected chi connectivity index (χ3v) is 4.33. The number of hydrogen-bond donors (Lipinski definition) is 1. The van der Waals surface area contributed by atoms with E-state index in [4.69, 9.17) is 0 Å². The molecule has 4 aromatic carbocycles. The molecule has 0 atom stereocenters. The van der Waals surface area contributed by atoms with Crippen molar-refractivity contribution in [3.63, 3.8) is 0 Å². The number of phenols is 1. The van der Waals surface area contributed by atoms with Crippen molar-refractivity contribution in [3.8, 4) is 39.1 Å². The first kappa shape index (κ1) is 15.2. The Labute approximate surface area is 147 Å². The predicted molar refractivity (Wildman–Crippen MR) is 104 cm³/mol. The molecular formula is C24H18O. The summed E-state index contributed by atoms with van der Waals surface area (Å²) in [6.07, 6.45) is 0. The number of phenolic OH excluding ortho intramolecular Hbond substituents is 1. The van der Waals surface area contributed by atoms with Gasteiger partial charge < -0.3 is 5.11 Å². The van der Waals surface area contributed by atoms with Gasteiger partial charge in [-0.1, -0.05) is 72.8 Å². The zero-order valence-electron chi connectivity index (χ0n) is 13.8. The quantitative estimate of drug-likeness (QED) is 0.463. The van der Waals surface area contributed by atoms with Crippen molar-refractivity contribution in [1.29, 1.82) is 0 Å². The zero-order valence-corrected chi connectivity index (χ0v) is 13.8. The summed E-state index contributed by atoms with van der Waals surface area (Å²) in [6, 6.07) is 34.7. The summed E-state index contributed by atoms with van der Waals surface area (Å²) in [4.78, 5) is 0. The molecule has 4 aromatic rings. The molecule has 0 fully saturated rings. The fourth-order valence-electron chi connectivity index (χ4n) is 3.07. The first-order valence-electron chi connectivity index (χ1n) is 8.35. The second kappa shape index (κ2) is 6.66. The average molecular weight is 322 g/mol. The van der Waals surface area contributed by atoms with Crippen LogP contribution in [-0.4, -0.2) is 5.11 Å². The third kappa shape index (κ3) is 3.31. The lowest BCUT2D eigenvalue weighted by Gasteiger charge is -2.11. The highest BCUT2D eigenvalue weighted by Crippen LogP contribution is 2.33. The predicted octanol–water partition coefficient (Wildman–Crippen LogP) is 6.39. The van der Waals surface area contributed by atoms with E-state index in [1.54, 1.807) is 12.1 Å². The van der Waals surface area contributed by atoms with Gasteiger partial charge in [-0.3, -0.25) is 0 Å². The molecule has 25 heavy (non-hydrogen) atoms. The molecule has 0 bridgehead atoms. The van der Waals surface area contributed by atoms with E-state index >= 15 is 0 Å². The summed E-state index contributed by atoms with van der Waals surface area (Å²) in [5.41, 5.74) is 6.80. The minimum absolute atomic E-state index is 0.281. The summed E-state index contributed by atoms with van der Waals surface area (Å²) in [7, 11) is 0. The van der Waals surface area contributed by atoms with Gasteiger partial charge in [0.15, 0.2) is 0 Å². The molecule has 1 heteroatoms. The second-order valence-electron chi connectivity index (χ2n) is 6.08. The van der Waals surface area contributed by atoms with E-state index < -0.39 is 0 Å². The number of rotatable bonds is 3. The molecule has 0 saturated carbocycles. The van der Waals surface area contributed by atoms with Gasteiger partial charge in [-0.25, -0.2) is 0 Å². The van der Waals surface area contributed by atoms with E-state index in [9.17, 15) is 5.11 Å². The standard InChI is InChI=1S/C24H18O/c25-24-13-7-12-20(17-24)23-15-21(18-8-3-1-4-9-18)14-22(16-23)19-10-5-2-6-11-19/h1-17,25H. The fourth-order valence-corrected chi connectivity index (χ4v) is 3.07. The molecule has 0 aliphatic carbocycles. The Hall–Kier alpha value is -3.32. The topological polar surface area (TPSA) is 20.2 Å². The average Bonchev–Trinajstić information content (AvgIpc) is 2.69. The number of aromatic hydroxyl groups is 1. The lowest BCUT2D eigenvalue weighted by Crippen LogP contribution is -1.86. The first-order valence-corrected chi connectivity index (χ1v) is 8.35. The zero-order chi connectivity index (χ0) is 17.1. The van der Waals surface area contributed by atoms with Crippen molar-refractivity contribution in [2.45, 2.75) is 0 Å². The molecule has 0 aromatic heterocycles. The van der Waals surface area contributed by atoms with E-state index in [1.165, 1.54) is 22.3 Å². The van der Waals surface area contributed by atoms with Crippen molar-refractivity contribution in [2.24, 2.45) is 0 Å². The van der Waals surface area contributed by atoms with Crippen LogP contribution in [0.2, 0.25) is 0 Å².